The van der Waals surface area contributed by atoms with E-state index in [4.69, 9.17) is 17.0 Å². The van der Waals surface area contributed by atoms with E-state index in [0.717, 1.165) is 45.6 Å². The number of nitrogens with one attached hydrogen (secondary N) is 1. The van der Waals surface area contributed by atoms with Gasteiger partial charge in [0.15, 0.2) is 0 Å². The number of hydrazine groups is 1. The minimum Gasteiger partial charge on any atom is -0.379 e. The molecule has 17 heavy (non-hydrogen) atoms. The van der Waals surface area contributed by atoms with Gasteiger partial charge < -0.3 is 4.74 Å². The molecule has 1 atom stereocenters. The van der Waals surface area contributed by atoms with Crippen molar-refractivity contribution in [1.82, 2.24) is 10.3 Å². The number of hydrogen-bond donors (Lipinski definition) is 2. The van der Waals surface area contributed by atoms with E-state index in [1.165, 1.54) is 0 Å². The third-order valence-electron chi connectivity index (χ3n) is 3.69. The third-order valence-corrected chi connectivity index (χ3v) is 3.69. The first-order chi connectivity index (χ1) is 8.12. The van der Waals surface area contributed by atoms with Crippen LogP contribution in [0.4, 0.5) is 0 Å². The van der Waals surface area contributed by atoms with E-state index in [0.29, 0.717) is 0 Å². The fourth-order valence-corrected chi connectivity index (χ4v) is 2.41. The largest absolute Gasteiger partial charge is 0.379 e. The number of rotatable bonds is 6. The molecule has 4 nitrogen and oxygen atoms in total. The lowest BCUT2D eigenvalue weighted by atomic mass is 9.88. The Balaban J connectivity index is 2.54. The minimum absolute atomic E-state index is 0.0348. The number of terminal acetylenes is 1. The Morgan fingerprint density at radius 3 is 2.65 bits per heavy atom. The topological polar surface area (TPSA) is 50.5 Å². The van der Waals surface area contributed by atoms with Gasteiger partial charge in [0.25, 0.3) is 0 Å². The molecule has 1 fully saturated rings. The highest BCUT2D eigenvalue weighted by Crippen LogP contribution is 2.23. The fraction of sp³-hybridized carbons (Fsp3) is 0.846. The summed E-state index contributed by atoms with van der Waals surface area (Å²) >= 11 is 0. The average molecular weight is 239 g/mol. The van der Waals surface area contributed by atoms with Gasteiger partial charge in [-0.3, -0.25) is 16.2 Å². The summed E-state index contributed by atoms with van der Waals surface area (Å²) in [5.41, 5.74) is 2.98. The fourth-order valence-electron chi connectivity index (χ4n) is 2.41. The van der Waals surface area contributed by atoms with E-state index in [9.17, 15) is 0 Å². The molecular weight excluding hydrogens is 214 g/mol. The molecule has 1 aliphatic heterocycles. The summed E-state index contributed by atoms with van der Waals surface area (Å²) in [5, 5.41) is 0. The van der Waals surface area contributed by atoms with E-state index in [1.807, 2.05) is 0 Å². The van der Waals surface area contributed by atoms with Crippen LogP contribution in [0.2, 0.25) is 0 Å². The molecule has 1 aliphatic rings. The highest BCUT2D eigenvalue weighted by molar-refractivity contribution is 4.94. The van der Waals surface area contributed by atoms with Gasteiger partial charge in [-0.15, -0.1) is 12.3 Å². The molecule has 0 bridgehead atoms. The molecule has 0 spiro atoms. The van der Waals surface area contributed by atoms with Crippen LogP contribution in [0, 0.1) is 12.3 Å². The number of unbranched alkanes of at least 4 members (excludes halogenated alkanes) is 1. The second-order valence-electron chi connectivity index (χ2n) is 5.07. The monoisotopic (exact) mass is 239 g/mol. The lowest BCUT2D eigenvalue weighted by Gasteiger charge is -2.45. The molecule has 1 heterocycles. The van der Waals surface area contributed by atoms with E-state index >= 15 is 0 Å². The van der Waals surface area contributed by atoms with Crippen LogP contribution in [0.5, 0.6) is 0 Å². The smallest absolute Gasteiger partial charge is 0.0594 e. The number of nitrogens with zero attached hydrogens (tertiary/aromatic N) is 1. The minimum atomic E-state index is 0.0348. The Morgan fingerprint density at radius 1 is 1.47 bits per heavy atom. The molecule has 0 amide bonds. The Morgan fingerprint density at radius 2 is 2.12 bits per heavy atom. The van der Waals surface area contributed by atoms with E-state index in [-0.39, 0.29) is 11.6 Å². The summed E-state index contributed by atoms with van der Waals surface area (Å²) in [4.78, 5) is 2.44. The molecular formula is C13H25N3O. The average Bonchev–Trinajstić information content (AvgIpc) is 2.35. The van der Waals surface area contributed by atoms with Crippen molar-refractivity contribution in [1.29, 1.82) is 0 Å². The maximum Gasteiger partial charge on any atom is 0.0594 e. The molecule has 0 aromatic rings. The van der Waals surface area contributed by atoms with Crippen LogP contribution in [-0.4, -0.2) is 42.8 Å². The molecule has 1 rings (SSSR count). The molecule has 0 saturated carbocycles. The van der Waals surface area contributed by atoms with Crippen LogP contribution in [-0.2, 0) is 4.74 Å². The van der Waals surface area contributed by atoms with Crippen molar-refractivity contribution in [2.45, 2.75) is 44.7 Å². The molecule has 3 N–H and O–H groups in total. The zero-order chi connectivity index (χ0) is 12.7. The third kappa shape index (κ3) is 3.97. The molecule has 98 valence electrons. The van der Waals surface area contributed by atoms with Gasteiger partial charge in [-0.2, -0.15) is 0 Å². The summed E-state index contributed by atoms with van der Waals surface area (Å²) < 4.78 is 5.39. The predicted molar refractivity (Wildman–Crippen MR) is 70.3 cm³/mol. The Labute approximate surface area is 105 Å². The van der Waals surface area contributed by atoms with Crippen LogP contribution in [0.3, 0.4) is 0 Å². The first-order valence-electron chi connectivity index (χ1n) is 6.35. The van der Waals surface area contributed by atoms with Crippen molar-refractivity contribution in [3.05, 3.63) is 0 Å². The quantitative estimate of drug-likeness (QED) is 0.310. The lowest BCUT2D eigenvalue weighted by Crippen LogP contribution is -2.61. The van der Waals surface area contributed by atoms with Crippen LogP contribution >= 0.6 is 0 Å². The van der Waals surface area contributed by atoms with Gasteiger partial charge in [0.1, 0.15) is 0 Å². The van der Waals surface area contributed by atoms with Gasteiger partial charge in [-0.25, -0.2) is 0 Å². The number of nitrogens with two attached hydrogens (primary N) is 1. The molecule has 1 unspecified atom stereocenters. The zero-order valence-corrected chi connectivity index (χ0v) is 11.0. The van der Waals surface area contributed by atoms with Crippen molar-refractivity contribution >= 4 is 0 Å². The Bertz CT molecular complexity index is 254. The van der Waals surface area contributed by atoms with Crippen molar-refractivity contribution < 1.29 is 4.74 Å². The van der Waals surface area contributed by atoms with Crippen molar-refractivity contribution in [2.75, 3.05) is 26.3 Å². The number of ether oxygens (including phenoxy) is 1. The Kier molecular flexibility index (Phi) is 5.93. The summed E-state index contributed by atoms with van der Waals surface area (Å²) in [7, 11) is 0. The molecule has 0 radical (unpaired) electrons. The van der Waals surface area contributed by atoms with Gasteiger partial charge in [0.2, 0.25) is 0 Å². The maximum absolute atomic E-state index is 5.69. The SMILES string of the molecule is C#CCCCC(NN)C(C)(C)N1CCOCC1. The summed E-state index contributed by atoms with van der Waals surface area (Å²) in [6.07, 6.45) is 8.11. The van der Waals surface area contributed by atoms with Crippen LogP contribution in [0.25, 0.3) is 0 Å². The van der Waals surface area contributed by atoms with Crippen molar-refractivity contribution in [3.8, 4) is 12.3 Å². The lowest BCUT2D eigenvalue weighted by molar-refractivity contribution is -0.0245. The molecule has 1 saturated heterocycles. The van der Waals surface area contributed by atoms with E-state index in [1.54, 1.807) is 0 Å². The highest BCUT2D eigenvalue weighted by Gasteiger charge is 2.35. The zero-order valence-electron chi connectivity index (χ0n) is 11.0. The number of hydrogen-bond acceptors (Lipinski definition) is 4. The first kappa shape index (κ1) is 14.5. The van der Waals surface area contributed by atoms with Gasteiger partial charge in [-0.1, -0.05) is 0 Å². The predicted octanol–water partition coefficient (Wildman–Crippen LogP) is 0.733. The summed E-state index contributed by atoms with van der Waals surface area (Å²) in [6.45, 7) is 8.04. The van der Waals surface area contributed by atoms with Crippen LogP contribution in [0.15, 0.2) is 0 Å². The van der Waals surface area contributed by atoms with Gasteiger partial charge in [0, 0.05) is 31.1 Å². The van der Waals surface area contributed by atoms with Crippen LogP contribution in [0.1, 0.15) is 33.1 Å². The van der Waals surface area contributed by atoms with Crippen LogP contribution < -0.4 is 11.3 Å². The number of morpholine rings is 1. The molecule has 0 aliphatic carbocycles. The first-order valence-corrected chi connectivity index (χ1v) is 6.35. The van der Waals surface area contributed by atoms with E-state index in [2.05, 4.69) is 30.1 Å². The van der Waals surface area contributed by atoms with Gasteiger partial charge in [0.05, 0.1) is 13.2 Å². The Hall–Kier alpha value is -0.600. The molecule has 0 aromatic carbocycles. The second-order valence-corrected chi connectivity index (χ2v) is 5.07. The standard InChI is InChI=1S/C13H25N3O/c1-4-5-6-7-12(15-14)13(2,3)16-8-10-17-11-9-16/h1,12,15H,5-11,14H2,2-3H3. The van der Waals surface area contributed by atoms with Gasteiger partial charge >= 0.3 is 0 Å². The molecule has 0 aromatic heterocycles. The van der Waals surface area contributed by atoms with Crippen molar-refractivity contribution in [2.24, 2.45) is 5.84 Å². The highest BCUT2D eigenvalue weighted by atomic mass is 16.5. The summed E-state index contributed by atoms with van der Waals surface area (Å²) in [5.74, 6) is 8.36. The second kappa shape index (κ2) is 6.97. The summed E-state index contributed by atoms with van der Waals surface area (Å²) in [6, 6.07) is 0.258. The van der Waals surface area contributed by atoms with E-state index < -0.39 is 0 Å². The normalized spacial score (nSPS) is 19.9. The van der Waals surface area contributed by atoms with Crippen molar-refractivity contribution in [3.63, 3.8) is 0 Å². The maximum atomic E-state index is 5.69. The molecule has 4 heteroatoms. The van der Waals surface area contributed by atoms with Gasteiger partial charge in [-0.05, 0) is 26.7 Å².